The van der Waals surface area contributed by atoms with Crippen LogP contribution in [0.5, 0.6) is 28.7 Å². The number of pyridine rings is 6. The van der Waals surface area contributed by atoms with Crippen LogP contribution in [0.1, 0.15) is 72.1 Å². The summed E-state index contributed by atoms with van der Waals surface area (Å²) in [6.45, 7) is 35.2. The summed E-state index contributed by atoms with van der Waals surface area (Å²) < 4.78 is 68.9. The molecule has 16 aromatic heterocycles. The quantitative estimate of drug-likeness (QED) is 0.0248. The maximum Gasteiger partial charge on any atom is 0.498 e. The monoisotopic (exact) mass is 1930 g/mol. The summed E-state index contributed by atoms with van der Waals surface area (Å²) >= 11 is 6.06. The second-order valence-electron chi connectivity index (χ2n) is 37.4. The number of nitrogens with one attached hydrogen (secondary N) is 3. The summed E-state index contributed by atoms with van der Waals surface area (Å²) in [6.07, 6.45) is 35.1. The van der Waals surface area contributed by atoms with Crippen molar-refractivity contribution in [2.24, 2.45) is 0 Å². The van der Waals surface area contributed by atoms with Crippen molar-refractivity contribution in [2.45, 2.75) is 162 Å². The number of methoxy groups -OCH3 is 4. The molecule has 19 aromatic rings. The minimum atomic E-state index is -1.12. The number of fused-ring (bicyclic) bond motifs is 9. The van der Waals surface area contributed by atoms with Gasteiger partial charge in [-0.25, -0.2) is 24.3 Å². The average Bonchev–Trinajstić information content (AvgIpc) is 1.61. The fraction of sp³-hybridized carbons (Fsp3) is 0.310. The molecule has 0 bridgehead atoms. The van der Waals surface area contributed by atoms with Crippen LogP contribution in [0.25, 0.3) is 77.4 Å². The summed E-state index contributed by atoms with van der Waals surface area (Å²) in [7, 11) is 3.63. The highest BCUT2D eigenvalue weighted by Crippen LogP contribution is 2.39. The third kappa shape index (κ3) is 26.7. The van der Waals surface area contributed by atoms with E-state index in [2.05, 4.69) is 182 Å². The molecule has 139 heavy (non-hydrogen) atoms. The molecule has 4 N–H and O–H groups in total. The Morgan fingerprint density at radius 3 is 1.27 bits per heavy atom. The van der Waals surface area contributed by atoms with E-state index in [9.17, 15) is 0 Å². The zero-order chi connectivity index (χ0) is 98.5. The predicted molar refractivity (Wildman–Crippen MR) is 549 cm³/mol. The highest BCUT2D eigenvalue weighted by atomic mass is 35.5. The van der Waals surface area contributed by atoms with Gasteiger partial charge in [-0.1, -0.05) is 142 Å². The van der Waals surface area contributed by atoms with Crippen LogP contribution >= 0.6 is 11.6 Å². The molecule has 722 valence electrons. The van der Waals surface area contributed by atoms with E-state index in [4.69, 9.17) is 68.7 Å². The minimum absolute atomic E-state index is 0.205. The highest BCUT2D eigenvalue weighted by molar-refractivity contribution is 6.76. The topological polar surface area (TPSA) is 362 Å². The number of aromatic nitrogens is 23. The molecule has 2 aliphatic heterocycles. The minimum Gasteiger partial charge on any atom is -0.505 e. The number of nitrogens with zero attached hydrogens (tertiary/aromatic N) is 20. The van der Waals surface area contributed by atoms with Crippen LogP contribution < -0.4 is 29.9 Å². The van der Waals surface area contributed by atoms with Gasteiger partial charge in [0.15, 0.2) is 40.4 Å². The molecule has 39 heteroatoms. The van der Waals surface area contributed by atoms with Gasteiger partial charge in [0, 0.05) is 135 Å². The number of hydrogen-bond donors (Lipinski definition) is 4. The number of aromatic hydroxyl groups is 1. The SMILES string of the molecule is CC1(C)OB(c2cn[nH]c2)OC1(C)C.CC1(C)OB(c2cnn(Cc3ccccc3)c2)OC1(C)C.COc1cn[nH]c1.COc1cnn(-c2ccc3c(n2)[nH]c2ccncc23)c1.COc1cnn(-c2ccc3c4cnccc4n(COCC[Si](C)(C)C)c3n2)c1.COc1cnn(Cc2ccccc2)c1.C[Si](C)(C)CCOCn1c2ccncc2c2ccc(Cl)nc21.Oc1cnn(Cc2ccccc2)c1. The van der Waals surface area contributed by atoms with Gasteiger partial charge in [0.05, 0.1) is 149 Å². The van der Waals surface area contributed by atoms with Crippen LogP contribution in [0, 0.1) is 0 Å². The number of halogens is 1. The van der Waals surface area contributed by atoms with Crippen molar-refractivity contribution in [1.82, 2.24) is 113 Å². The van der Waals surface area contributed by atoms with Crippen molar-refractivity contribution >= 4 is 119 Å². The summed E-state index contributed by atoms with van der Waals surface area (Å²) in [5.74, 6) is 4.63. The first-order valence-electron chi connectivity index (χ1n) is 45.5. The number of aromatic amines is 3. The molecule has 3 aromatic carbocycles. The Labute approximate surface area is 815 Å². The standard InChI is InChI=1S/C20H25N5O2Si.C16H21BN2O2.C16H20ClN3OSi.C14H11N5O.C11H12N2O.C10H10N2O.C9H15BN2O2.C4H6N2O/c1-26-15-11-22-25(13-15)19-6-5-16-17-12-21-8-7-18(17)24(20(16)23-19)14-27-9-10-28(2,3)4;1-15(2)16(3,4)21-17(20-15)14-10-18-19(12-14)11-13-8-6-5-7-9-13;1-22(2,3)9-8-21-11-20-14-6-7-18-10-13(14)12-4-5-15(17)19-16(12)20;1-20-9-6-16-19(8-9)13-3-2-10-11-7-15-5-4-12(11)17-14(10)18-13;1-14-11-7-12-13(9-11)8-10-5-3-2-4-6-10;13-10-6-11-12(8-10)7-9-4-2-1-3-5-9;1-8(2)9(3,4)14-10(13-8)7-5-11-12-6-7;1-7-4-2-5-6-3-4/h5-8,11-13H,9-10,14H2,1-4H3;5-10,12H,11H2,1-4H3;4-7,10H,8-9,11H2,1-3H3;2-8H,1H3,(H,17,18);2-7,9H,8H2,1H3;1-6,8,13H,7H2;5-6H,1-4H3,(H,11,12);2-3H,1H3,(H,5,6). The second-order valence-corrected chi connectivity index (χ2v) is 49.0. The molecule has 34 nitrogen and oxygen atoms in total. The Balaban J connectivity index is 0.000000129. The first kappa shape index (κ1) is 101. The van der Waals surface area contributed by atoms with Crippen LogP contribution in [-0.2, 0) is 61.2 Å². The molecule has 0 radical (unpaired) electrons. The van der Waals surface area contributed by atoms with Gasteiger partial charge in [0.2, 0.25) is 0 Å². The summed E-state index contributed by atoms with van der Waals surface area (Å²) in [5, 5.41) is 49.9. The Hall–Kier alpha value is -14.0. The number of rotatable bonds is 24. The average molecular weight is 1930 g/mol. The number of ether oxygens (including phenoxy) is 6. The van der Waals surface area contributed by atoms with E-state index in [1.165, 1.54) is 22.9 Å². The van der Waals surface area contributed by atoms with Crippen molar-refractivity contribution in [3.05, 3.63) is 291 Å². The first-order valence-corrected chi connectivity index (χ1v) is 53.3. The van der Waals surface area contributed by atoms with Gasteiger partial charge >= 0.3 is 14.2 Å². The summed E-state index contributed by atoms with van der Waals surface area (Å²) in [4.78, 5) is 29.9. The lowest BCUT2D eigenvalue weighted by Crippen LogP contribution is -2.41. The second kappa shape index (κ2) is 45.6. The van der Waals surface area contributed by atoms with Crippen LogP contribution in [-0.4, -0.2) is 213 Å². The molecule has 0 spiro atoms. The zero-order valence-electron chi connectivity index (χ0n) is 81.8. The van der Waals surface area contributed by atoms with Gasteiger partial charge in [0.1, 0.15) is 35.6 Å². The van der Waals surface area contributed by atoms with Gasteiger partial charge < -0.3 is 66.3 Å². The lowest BCUT2D eigenvalue weighted by molar-refractivity contribution is 0.00578. The molecule has 21 rings (SSSR count). The lowest BCUT2D eigenvalue weighted by Gasteiger charge is -2.32. The van der Waals surface area contributed by atoms with E-state index in [1.54, 1.807) is 117 Å². The Morgan fingerprint density at radius 1 is 0.396 bits per heavy atom. The number of H-pyrrole nitrogens is 3. The van der Waals surface area contributed by atoms with Crippen molar-refractivity contribution in [1.29, 1.82) is 0 Å². The molecule has 0 atom stereocenters. The van der Waals surface area contributed by atoms with Crippen molar-refractivity contribution < 1.29 is 52.1 Å². The van der Waals surface area contributed by atoms with Gasteiger partial charge in [-0.2, -0.15) is 35.7 Å². The zero-order valence-corrected chi connectivity index (χ0v) is 84.5. The molecule has 2 saturated heterocycles. The Morgan fingerprint density at radius 2 is 0.820 bits per heavy atom. The molecular weight excluding hydrogens is 1810 g/mol. The van der Waals surface area contributed by atoms with Crippen LogP contribution in [0.4, 0.5) is 0 Å². The molecule has 18 heterocycles. The van der Waals surface area contributed by atoms with E-state index in [0.717, 1.165) is 138 Å². The van der Waals surface area contributed by atoms with Crippen molar-refractivity contribution in [2.75, 3.05) is 41.7 Å². The molecule has 0 aliphatic carbocycles. The number of benzene rings is 3. The van der Waals surface area contributed by atoms with Crippen molar-refractivity contribution in [3.8, 4) is 40.4 Å². The van der Waals surface area contributed by atoms with Crippen LogP contribution in [0.15, 0.2) is 270 Å². The van der Waals surface area contributed by atoms with E-state index in [0.29, 0.717) is 36.7 Å². The fourth-order valence-electron chi connectivity index (χ4n) is 14.4. The van der Waals surface area contributed by atoms with E-state index >= 15 is 0 Å². The normalized spacial score (nSPS) is 13.9. The fourth-order valence-corrected chi connectivity index (χ4v) is 16.1. The largest absolute Gasteiger partial charge is 0.505 e. The maximum absolute atomic E-state index is 9.05. The van der Waals surface area contributed by atoms with Gasteiger partial charge in [0.25, 0.3) is 0 Å². The number of hydrogen-bond acceptors (Lipinski definition) is 24. The van der Waals surface area contributed by atoms with Gasteiger partial charge in [-0.3, -0.25) is 39.2 Å². The van der Waals surface area contributed by atoms with Crippen LogP contribution in [0.2, 0.25) is 56.5 Å². The Bertz CT molecular complexity index is 7050. The molecule has 0 saturated carbocycles. The summed E-state index contributed by atoms with van der Waals surface area (Å²) in [6, 6.07) is 50.5. The molecule has 0 amide bonds. The lowest BCUT2D eigenvalue weighted by atomic mass is 9.82. The Kier molecular flexibility index (Phi) is 33.1. The first-order chi connectivity index (χ1) is 66.7. The van der Waals surface area contributed by atoms with E-state index in [1.807, 2.05) is 196 Å². The maximum atomic E-state index is 9.05. The summed E-state index contributed by atoms with van der Waals surface area (Å²) in [5.41, 5.74) is 10.0. The van der Waals surface area contributed by atoms with Crippen molar-refractivity contribution in [3.63, 3.8) is 0 Å². The smallest absolute Gasteiger partial charge is 0.498 e. The highest BCUT2D eigenvalue weighted by Gasteiger charge is 2.53. The molecular formula is C100H120B2ClN23O11Si2. The van der Waals surface area contributed by atoms with Crippen LogP contribution in [0.3, 0.4) is 0 Å². The molecule has 2 aliphatic rings. The van der Waals surface area contributed by atoms with Gasteiger partial charge in [-0.05, 0) is 139 Å². The molecule has 2 fully saturated rings. The van der Waals surface area contributed by atoms with E-state index < -0.39 is 16.1 Å². The predicted octanol–water partition coefficient (Wildman–Crippen LogP) is 17.9. The third-order valence-corrected chi connectivity index (χ3v) is 27.3. The molecule has 0 unspecified atom stereocenters. The van der Waals surface area contributed by atoms with E-state index in [-0.39, 0.29) is 42.4 Å². The van der Waals surface area contributed by atoms with Gasteiger partial charge in [-0.15, -0.1) is 0 Å². The third-order valence-electron chi connectivity index (χ3n) is 23.7.